The Morgan fingerprint density at radius 2 is 1.70 bits per heavy atom. The van der Waals surface area contributed by atoms with Gasteiger partial charge in [0, 0.05) is 21.6 Å². The summed E-state index contributed by atoms with van der Waals surface area (Å²) in [7, 11) is 0. The molecule has 2 aromatic carbocycles. The summed E-state index contributed by atoms with van der Waals surface area (Å²) in [6.45, 7) is 3.98. The van der Waals surface area contributed by atoms with Crippen molar-refractivity contribution in [3.63, 3.8) is 0 Å². The van der Waals surface area contributed by atoms with Gasteiger partial charge in [0.2, 0.25) is 0 Å². The Balaban J connectivity index is 2.11. The van der Waals surface area contributed by atoms with E-state index in [1.165, 1.54) is 0 Å². The van der Waals surface area contributed by atoms with Crippen LogP contribution in [0.5, 0.6) is 0 Å². The summed E-state index contributed by atoms with van der Waals surface area (Å²) in [5, 5.41) is 2.79. The van der Waals surface area contributed by atoms with Crippen LogP contribution in [0.15, 0.2) is 46.9 Å². The second-order valence-corrected chi connectivity index (χ2v) is 5.29. The van der Waals surface area contributed by atoms with Crippen molar-refractivity contribution in [2.24, 2.45) is 0 Å². The summed E-state index contributed by atoms with van der Waals surface area (Å²) in [6.07, 6.45) is 0. The molecule has 0 bridgehead atoms. The highest BCUT2D eigenvalue weighted by molar-refractivity contribution is 9.10. The average Bonchev–Trinajstić information content (AvgIpc) is 2.43. The van der Waals surface area contributed by atoms with Crippen LogP contribution >= 0.6 is 15.9 Å². The zero-order valence-electron chi connectivity index (χ0n) is 11.3. The minimum atomic E-state index is -0.310. The zero-order valence-corrected chi connectivity index (χ0v) is 12.9. The Hall–Kier alpha value is -2.05. The number of aryl methyl sites for hydroxylation is 2. The average molecular weight is 328 g/mol. The van der Waals surface area contributed by atoms with Gasteiger partial charge in [0.05, 0.1) is 0 Å². The number of nitrogens with one attached hydrogen (secondary N) is 1. The molecule has 0 fully saturated rings. The van der Waals surface area contributed by atoms with E-state index in [-0.39, 0.29) is 5.91 Å². The molecule has 0 heterocycles. The largest absolute Gasteiger partial charge is 0.315 e. The van der Waals surface area contributed by atoms with Gasteiger partial charge < -0.3 is 5.32 Å². The number of carbonyl (C=O) groups is 1. The van der Waals surface area contributed by atoms with E-state index >= 15 is 0 Å². The van der Waals surface area contributed by atoms with Gasteiger partial charge in [0.25, 0.3) is 0 Å². The van der Waals surface area contributed by atoms with E-state index in [2.05, 4.69) is 33.1 Å². The number of hydrogen-bond acceptors (Lipinski definition) is 1. The fourth-order valence-corrected chi connectivity index (χ4v) is 2.06. The van der Waals surface area contributed by atoms with E-state index in [4.69, 9.17) is 0 Å². The molecular formula is C17H14BrNO. The fraction of sp³-hybridized carbons (Fsp3) is 0.118. The summed E-state index contributed by atoms with van der Waals surface area (Å²) in [5.74, 6) is 5.11. The third kappa shape index (κ3) is 3.72. The molecule has 0 radical (unpaired) electrons. The van der Waals surface area contributed by atoms with Crippen LogP contribution in [-0.4, -0.2) is 5.91 Å². The number of carbonyl (C=O) groups excluding carboxylic acids is 1. The summed E-state index contributed by atoms with van der Waals surface area (Å²) in [5.41, 5.74) is 3.74. The molecule has 0 saturated heterocycles. The Morgan fingerprint density at radius 3 is 2.30 bits per heavy atom. The van der Waals surface area contributed by atoms with Crippen LogP contribution in [0.4, 0.5) is 5.69 Å². The third-order valence-electron chi connectivity index (χ3n) is 2.79. The van der Waals surface area contributed by atoms with E-state index < -0.39 is 0 Å². The molecule has 0 aliphatic heterocycles. The minimum absolute atomic E-state index is 0.310. The van der Waals surface area contributed by atoms with Crippen LogP contribution in [0.3, 0.4) is 0 Å². The summed E-state index contributed by atoms with van der Waals surface area (Å²) in [4.78, 5) is 11.8. The van der Waals surface area contributed by atoms with Gasteiger partial charge in [-0.1, -0.05) is 40.0 Å². The molecule has 1 amide bonds. The molecule has 1 N–H and O–H groups in total. The Bertz CT molecular complexity index is 673. The highest BCUT2D eigenvalue weighted by atomic mass is 79.9. The summed E-state index contributed by atoms with van der Waals surface area (Å²) in [6, 6.07) is 13.3. The predicted octanol–water partition coefficient (Wildman–Crippen LogP) is 4.06. The van der Waals surface area contributed by atoms with Gasteiger partial charge >= 0.3 is 5.91 Å². The lowest BCUT2D eigenvalue weighted by Crippen LogP contribution is -2.09. The molecule has 0 atom stereocenters. The molecule has 0 aromatic heterocycles. The Morgan fingerprint density at radius 1 is 1.10 bits per heavy atom. The normalized spacial score (nSPS) is 9.55. The lowest BCUT2D eigenvalue weighted by atomic mass is 10.1. The molecule has 0 aliphatic carbocycles. The molecule has 20 heavy (non-hydrogen) atoms. The van der Waals surface area contributed by atoms with E-state index in [9.17, 15) is 4.79 Å². The first kappa shape index (κ1) is 14.4. The van der Waals surface area contributed by atoms with Crippen molar-refractivity contribution in [3.8, 4) is 11.8 Å². The topological polar surface area (TPSA) is 29.1 Å². The maximum absolute atomic E-state index is 11.8. The molecule has 3 heteroatoms. The zero-order chi connectivity index (χ0) is 14.5. The van der Waals surface area contributed by atoms with Gasteiger partial charge in [-0.05, 0) is 49.2 Å². The van der Waals surface area contributed by atoms with Crippen LogP contribution in [-0.2, 0) is 4.79 Å². The number of rotatable bonds is 1. The highest BCUT2D eigenvalue weighted by Crippen LogP contribution is 2.24. The Kier molecular flexibility index (Phi) is 4.60. The van der Waals surface area contributed by atoms with Gasteiger partial charge in [0.1, 0.15) is 0 Å². The maximum atomic E-state index is 11.8. The SMILES string of the molecule is Cc1cc(NC(=O)C#Cc2ccccc2)cc(C)c1Br. The van der Waals surface area contributed by atoms with Crippen LogP contribution in [0, 0.1) is 25.7 Å². The first-order valence-corrected chi connectivity index (χ1v) is 7.00. The van der Waals surface area contributed by atoms with Crippen LogP contribution in [0.25, 0.3) is 0 Å². The van der Waals surface area contributed by atoms with Crippen molar-refractivity contribution in [2.75, 3.05) is 5.32 Å². The highest BCUT2D eigenvalue weighted by Gasteiger charge is 2.04. The maximum Gasteiger partial charge on any atom is 0.300 e. The van der Waals surface area contributed by atoms with E-state index in [1.54, 1.807) is 0 Å². The van der Waals surface area contributed by atoms with Gasteiger partial charge in [-0.3, -0.25) is 4.79 Å². The molecule has 0 unspecified atom stereocenters. The Labute approximate surface area is 127 Å². The third-order valence-corrected chi connectivity index (χ3v) is 4.04. The molecule has 0 aliphatic rings. The first-order valence-electron chi connectivity index (χ1n) is 6.21. The lowest BCUT2D eigenvalue weighted by Gasteiger charge is -2.07. The summed E-state index contributed by atoms with van der Waals surface area (Å²) < 4.78 is 1.06. The molecule has 0 saturated carbocycles. The van der Waals surface area contributed by atoms with Crippen LogP contribution < -0.4 is 5.32 Å². The van der Waals surface area contributed by atoms with Crippen LogP contribution in [0.1, 0.15) is 16.7 Å². The minimum Gasteiger partial charge on any atom is -0.315 e. The standard InChI is InChI=1S/C17H14BrNO/c1-12-10-15(11-13(2)17(12)18)19-16(20)9-8-14-6-4-3-5-7-14/h3-7,10-11H,1-2H3,(H,19,20). The number of halogens is 1. The molecule has 0 spiro atoms. The van der Waals surface area contributed by atoms with Crippen molar-refractivity contribution in [1.29, 1.82) is 0 Å². The molecule has 2 nitrogen and oxygen atoms in total. The fourth-order valence-electron chi connectivity index (χ4n) is 1.83. The number of hydrogen-bond donors (Lipinski definition) is 1. The molecule has 2 rings (SSSR count). The second-order valence-electron chi connectivity index (χ2n) is 4.49. The van der Waals surface area contributed by atoms with Crippen molar-refractivity contribution >= 4 is 27.5 Å². The molecular weight excluding hydrogens is 314 g/mol. The van der Waals surface area contributed by atoms with E-state index in [1.807, 2.05) is 56.3 Å². The first-order chi connectivity index (χ1) is 9.56. The number of anilines is 1. The predicted molar refractivity (Wildman–Crippen MR) is 85.6 cm³/mol. The van der Waals surface area contributed by atoms with Crippen molar-refractivity contribution in [3.05, 3.63) is 63.6 Å². The van der Waals surface area contributed by atoms with Crippen molar-refractivity contribution in [2.45, 2.75) is 13.8 Å². The van der Waals surface area contributed by atoms with Gasteiger partial charge in [0.15, 0.2) is 0 Å². The molecule has 2 aromatic rings. The van der Waals surface area contributed by atoms with Gasteiger partial charge in [-0.25, -0.2) is 0 Å². The molecule has 100 valence electrons. The van der Waals surface area contributed by atoms with Crippen LogP contribution in [0.2, 0.25) is 0 Å². The number of amides is 1. The second kappa shape index (κ2) is 6.40. The van der Waals surface area contributed by atoms with Crippen molar-refractivity contribution < 1.29 is 4.79 Å². The van der Waals surface area contributed by atoms with E-state index in [0.29, 0.717) is 0 Å². The smallest absolute Gasteiger partial charge is 0.300 e. The summed E-state index contributed by atoms with van der Waals surface area (Å²) >= 11 is 3.50. The quantitative estimate of drug-likeness (QED) is 0.786. The lowest BCUT2D eigenvalue weighted by molar-refractivity contribution is -0.111. The van der Waals surface area contributed by atoms with Gasteiger partial charge in [-0.2, -0.15) is 0 Å². The number of benzene rings is 2. The van der Waals surface area contributed by atoms with E-state index in [0.717, 1.165) is 26.9 Å². The van der Waals surface area contributed by atoms with Gasteiger partial charge in [-0.15, -0.1) is 0 Å². The van der Waals surface area contributed by atoms with Crippen molar-refractivity contribution in [1.82, 2.24) is 0 Å². The monoisotopic (exact) mass is 327 g/mol.